The van der Waals surface area contributed by atoms with E-state index >= 15 is 0 Å². The van der Waals surface area contributed by atoms with Crippen LogP contribution in [0.4, 0.5) is 21.8 Å². The Balaban J connectivity index is 1.69. The zero-order valence-corrected chi connectivity index (χ0v) is 13.7. The summed E-state index contributed by atoms with van der Waals surface area (Å²) in [5, 5.41) is 6.47. The number of hydrogen-bond acceptors (Lipinski definition) is 4. The van der Waals surface area contributed by atoms with Gasteiger partial charge >= 0.3 is 0 Å². The SMILES string of the molecule is Cc1cccc(Nc2nccc(NCc3ccc(F)cc3)n2)c1C. The minimum atomic E-state index is -0.235. The van der Waals surface area contributed by atoms with Gasteiger partial charge in [-0.05, 0) is 54.8 Å². The molecule has 3 rings (SSSR count). The summed E-state index contributed by atoms with van der Waals surface area (Å²) < 4.78 is 12.9. The number of aromatic nitrogens is 2. The first-order chi connectivity index (χ1) is 11.6. The van der Waals surface area contributed by atoms with E-state index in [9.17, 15) is 4.39 Å². The van der Waals surface area contributed by atoms with Crippen molar-refractivity contribution in [2.24, 2.45) is 0 Å². The molecule has 24 heavy (non-hydrogen) atoms. The molecule has 1 heterocycles. The average molecular weight is 322 g/mol. The van der Waals surface area contributed by atoms with Crippen molar-refractivity contribution >= 4 is 17.5 Å². The summed E-state index contributed by atoms with van der Waals surface area (Å²) in [5.74, 6) is 1.01. The monoisotopic (exact) mass is 322 g/mol. The lowest BCUT2D eigenvalue weighted by molar-refractivity contribution is 0.627. The maximum Gasteiger partial charge on any atom is 0.229 e. The standard InChI is InChI=1S/C19H19FN4/c1-13-4-3-5-17(14(13)2)23-19-21-11-10-18(24-19)22-12-15-6-8-16(20)9-7-15/h3-11H,12H2,1-2H3,(H2,21,22,23,24). The Morgan fingerprint density at radius 1 is 1.00 bits per heavy atom. The first-order valence-corrected chi connectivity index (χ1v) is 7.76. The van der Waals surface area contributed by atoms with Crippen LogP contribution in [0, 0.1) is 19.7 Å². The first-order valence-electron chi connectivity index (χ1n) is 7.76. The number of anilines is 3. The minimum absolute atomic E-state index is 0.235. The molecule has 0 fully saturated rings. The minimum Gasteiger partial charge on any atom is -0.366 e. The van der Waals surface area contributed by atoms with E-state index < -0.39 is 0 Å². The van der Waals surface area contributed by atoms with Crippen LogP contribution in [0.2, 0.25) is 0 Å². The summed E-state index contributed by atoms with van der Waals surface area (Å²) >= 11 is 0. The largest absolute Gasteiger partial charge is 0.366 e. The summed E-state index contributed by atoms with van der Waals surface area (Å²) in [6.45, 7) is 4.70. The number of hydrogen-bond donors (Lipinski definition) is 2. The van der Waals surface area contributed by atoms with Crippen molar-refractivity contribution in [2.75, 3.05) is 10.6 Å². The fraction of sp³-hybridized carbons (Fsp3) is 0.158. The molecule has 0 aliphatic heterocycles. The first kappa shape index (κ1) is 15.9. The Morgan fingerprint density at radius 3 is 2.58 bits per heavy atom. The zero-order valence-electron chi connectivity index (χ0n) is 13.7. The summed E-state index contributed by atoms with van der Waals surface area (Å²) in [7, 11) is 0. The molecule has 0 aliphatic rings. The van der Waals surface area contributed by atoms with Gasteiger partial charge in [-0.3, -0.25) is 0 Å². The molecular formula is C19H19FN4. The predicted molar refractivity (Wildman–Crippen MR) is 95.0 cm³/mol. The second kappa shape index (κ2) is 7.08. The van der Waals surface area contributed by atoms with Crippen LogP contribution in [-0.2, 0) is 6.54 Å². The van der Waals surface area contributed by atoms with E-state index in [1.807, 2.05) is 12.1 Å². The van der Waals surface area contributed by atoms with Crippen molar-refractivity contribution in [3.63, 3.8) is 0 Å². The van der Waals surface area contributed by atoms with Crippen LogP contribution in [-0.4, -0.2) is 9.97 Å². The van der Waals surface area contributed by atoms with Gasteiger partial charge in [0.2, 0.25) is 5.95 Å². The van der Waals surface area contributed by atoms with Gasteiger partial charge < -0.3 is 10.6 Å². The van der Waals surface area contributed by atoms with Gasteiger partial charge in [0.25, 0.3) is 0 Å². The van der Waals surface area contributed by atoms with E-state index in [1.165, 1.54) is 23.3 Å². The normalized spacial score (nSPS) is 10.5. The number of nitrogens with zero attached hydrogens (tertiary/aromatic N) is 2. The molecule has 0 bridgehead atoms. The summed E-state index contributed by atoms with van der Waals surface area (Å²) in [6.07, 6.45) is 1.70. The maximum atomic E-state index is 12.9. The van der Waals surface area contributed by atoms with E-state index in [1.54, 1.807) is 24.4 Å². The Bertz CT molecular complexity index is 831. The summed E-state index contributed by atoms with van der Waals surface area (Å²) in [4.78, 5) is 8.72. The van der Waals surface area contributed by atoms with Gasteiger partial charge in [0.15, 0.2) is 0 Å². The molecule has 0 saturated heterocycles. The highest BCUT2D eigenvalue weighted by Crippen LogP contribution is 2.21. The number of halogens is 1. The lowest BCUT2D eigenvalue weighted by Crippen LogP contribution is -2.05. The zero-order chi connectivity index (χ0) is 16.9. The molecule has 0 spiro atoms. The lowest BCUT2D eigenvalue weighted by Gasteiger charge is -2.11. The molecule has 0 atom stereocenters. The predicted octanol–water partition coefficient (Wildman–Crippen LogP) is 4.59. The molecule has 0 saturated carbocycles. The van der Waals surface area contributed by atoms with Crippen molar-refractivity contribution in [1.82, 2.24) is 9.97 Å². The summed E-state index contributed by atoms with van der Waals surface area (Å²) in [5.41, 5.74) is 4.36. The Kier molecular flexibility index (Phi) is 4.70. The van der Waals surface area contributed by atoms with Gasteiger partial charge in [-0.15, -0.1) is 0 Å². The molecule has 1 aromatic heterocycles. The summed E-state index contributed by atoms with van der Waals surface area (Å²) in [6, 6.07) is 14.3. The van der Waals surface area contributed by atoms with Crippen molar-refractivity contribution < 1.29 is 4.39 Å². The van der Waals surface area contributed by atoms with Crippen molar-refractivity contribution in [3.05, 3.63) is 77.2 Å². The van der Waals surface area contributed by atoms with Crippen LogP contribution in [0.15, 0.2) is 54.7 Å². The Hall–Kier alpha value is -2.95. The molecule has 0 radical (unpaired) electrons. The quantitative estimate of drug-likeness (QED) is 0.721. The van der Waals surface area contributed by atoms with Crippen molar-refractivity contribution in [3.8, 4) is 0 Å². The van der Waals surface area contributed by atoms with Crippen LogP contribution >= 0.6 is 0 Å². The lowest BCUT2D eigenvalue weighted by atomic mass is 10.1. The van der Waals surface area contributed by atoms with Gasteiger partial charge in [-0.25, -0.2) is 9.37 Å². The molecule has 2 N–H and O–H groups in total. The van der Waals surface area contributed by atoms with Gasteiger partial charge in [-0.1, -0.05) is 24.3 Å². The second-order valence-electron chi connectivity index (χ2n) is 5.62. The number of benzene rings is 2. The molecule has 5 heteroatoms. The van der Waals surface area contributed by atoms with E-state index in [2.05, 4.69) is 40.5 Å². The van der Waals surface area contributed by atoms with Crippen LogP contribution < -0.4 is 10.6 Å². The smallest absolute Gasteiger partial charge is 0.229 e. The van der Waals surface area contributed by atoms with Crippen molar-refractivity contribution in [1.29, 1.82) is 0 Å². The van der Waals surface area contributed by atoms with Crippen LogP contribution in [0.25, 0.3) is 0 Å². The fourth-order valence-electron chi connectivity index (χ4n) is 2.32. The second-order valence-corrected chi connectivity index (χ2v) is 5.62. The average Bonchev–Trinajstić information content (AvgIpc) is 2.59. The van der Waals surface area contributed by atoms with E-state index in [4.69, 9.17) is 0 Å². The molecule has 0 unspecified atom stereocenters. The Morgan fingerprint density at radius 2 is 1.79 bits per heavy atom. The molecule has 4 nitrogen and oxygen atoms in total. The Labute approximate surface area is 140 Å². The van der Waals surface area contributed by atoms with Crippen LogP contribution in [0.3, 0.4) is 0 Å². The molecule has 0 amide bonds. The molecule has 2 aromatic carbocycles. The van der Waals surface area contributed by atoms with Crippen LogP contribution in [0.5, 0.6) is 0 Å². The highest BCUT2D eigenvalue weighted by Gasteiger charge is 2.04. The van der Waals surface area contributed by atoms with Gasteiger partial charge in [0.05, 0.1) is 0 Å². The highest BCUT2D eigenvalue weighted by atomic mass is 19.1. The highest BCUT2D eigenvalue weighted by molar-refractivity contribution is 5.60. The number of nitrogens with one attached hydrogen (secondary N) is 2. The molecule has 122 valence electrons. The van der Waals surface area contributed by atoms with Gasteiger partial charge in [-0.2, -0.15) is 4.98 Å². The number of aryl methyl sites for hydroxylation is 1. The van der Waals surface area contributed by atoms with Gasteiger partial charge in [0, 0.05) is 18.4 Å². The maximum absolute atomic E-state index is 12.9. The topological polar surface area (TPSA) is 49.8 Å². The molecular weight excluding hydrogens is 303 g/mol. The van der Waals surface area contributed by atoms with Gasteiger partial charge in [0.1, 0.15) is 11.6 Å². The van der Waals surface area contributed by atoms with E-state index in [0.717, 1.165) is 11.3 Å². The van der Waals surface area contributed by atoms with Crippen LogP contribution in [0.1, 0.15) is 16.7 Å². The third-order valence-corrected chi connectivity index (χ3v) is 3.89. The third kappa shape index (κ3) is 3.87. The fourth-order valence-corrected chi connectivity index (χ4v) is 2.32. The molecule has 0 aliphatic carbocycles. The third-order valence-electron chi connectivity index (χ3n) is 3.89. The van der Waals surface area contributed by atoms with Crippen molar-refractivity contribution in [2.45, 2.75) is 20.4 Å². The van der Waals surface area contributed by atoms with E-state index in [0.29, 0.717) is 18.3 Å². The molecule has 3 aromatic rings. The number of rotatable bonds is 5. The van der Waals surface area contributed by atoms with E-state index in [-0.39, 0.29) is 5.82 Å².